The van der Waals surface area contributed by atoms with Gasteiger partial charge in [-0.15, -0.1) is 0 Å². The fourth-order valence-electron chi connectivity index (χ4n) is 1.06. The summed E-state index contributed by atoms with van der Waals surface area (Å²) in [7, 11) is 0. The first kappa shape index (κ1) is 8.97. The van der Waals surface area contributed by atoms with Crippen LogP contribution in [0, 0.1) is 0 Å². The van der Waals surface area contributed by atoms with Crippen LogP contribution in [0.1, 0.15) is 18.4 Å². The van der Waals surface area contributed by atoms with Crippen LogP contribution in [0.2, 0.25) is 0 Å². The molecule has 0 radical (unpaired) electrons. The Hall–Kier alpha value is -0.610. The van der Waals surface area contributed by atoms with Crippen LogP contribution in [0.25, 0.3) is 0 Å². The monoisotopic (exact) mass is 242 g/mol. The molecule has 0 aromatic carbocycles. The average Bonchev–Trinajstić information content (AvgIpc) is 2.92. The van der Waals surface area contributed by atoms with Gasteiger partial charge in [-0.1, -0.05) is 0 Å². The van der Waals surface area contributed by atoms with Crippen molar-refractivity contribution in [2.24, 2.45) is 5.73 Å². The molecule has 2 N–H and O–H groups in total. The number of hydrogen-bond acceptors (Lipinski definition) is 3. The maximum absolute atomic E-state index is 5.63. The first-order valence-electron chi connectivity index (χ1n) is 4.30. The minimum Gasteiger partial charge on any atom is -0.488 e. The zero-order chi connectivity index (χ0) is 9.26. The number of nitrogens with zero attached hydrogens (tertiary/aromatic N) is 1. The normalized spacial score (nSPS) is 15.8. The Morgan fingerprint density at radius 2 is 2.31 bits per heavy atom. The van der Waals surface area contributed by atoms with Gasteiger partial charge in [-0.3, -0.25) is 4.98 Å². The van der Waals surface area contributed by atoms with Gasteiger partial charge in [0.25, 0.3) is 0 Å². The summed E-state index contributed by atoms with van der Waals surface area (Å²) in [6.07, 6.45) is 6.18. The van der Waals surface area contributed by atoms with Crippen molar-refractivity contribution < 1.29 is 4.74 Å². The molecule has 0 spiro atoms. The number of halogens is 1. The van der Waals surface area contributed by atoms with Crippen molar-refractivity contribution in [3.63, 3.8) is 0 Å². The lowest BCUT2D eigenvalue weighted by Crippen LogP contribution is -2.02. The molecule has 1 saturated carbocycles. The SMILES string of the molecule is NCc1cncc(OC2CC2)c1Br. The third kappa shape index (κ3) is 2.00. The van der Waals surface area contributed by atoms with Crippen molar-refractivity contribution in [2.45, 2.75) is 25.5 Å². The molecule has 0 unspecified atom stereocenters. The van der Waals surface area contributed by atoms with Crippen LogP contribution in [0.5, 0.6) is 5.75 Å². The molecule has 70 valence electrons. The average molecular weight is 243 g/mol. The van der Waals surface area contributed by atoms with Gasteiger partial charge in [0, 0.05) is 18.3 Å². The summed E-state index contributed by atoms with van der Waals surface area (Å²) in [4.78, 5) is 4.06. The number of ether oxygens (including phenoxy) is 1. The quantitative estimate of drug-likeness (QED) is 0.881. The fraction of sp³-hybridized carbons (Fsp3) is 0.444. The summed E-state index contributed by atoms with van der Waals surface area (Å²) in [6.45, 7) is 0.482. The summed E-state index contributed by atoms with van der Waals surface area (Å²) < 4.78 is 6.58. The fourth-order valence-corrected chi connectivity index (χ4v) is 1.52. The molecule has 3 nitrogen and oxygen atoms in total. The van der Waals surface area contributed by atoms with Crippen molar-refractivity contribution in [3.05, 3.63) is 22.4 Å². The molecule has 1 aromatic rings. The molecule has 0 atom stereocenters. The highest BCUT2D eigenvalue weighted by Gasteiger charge is 2.24. The van der Waals surface area contributed by atoms with E-state index in [1.165, 1.54) is 0 Å². The highest BCUT2D eigenvalue weighted by molar-refractivity contribution is 9.10. The lowest BCUT2D eigenvalue weighted by molar-refractivity contribution is 0.299. The van der Waals surface area contributed by atoms with Gasteiger partial charge >= 0.3 is 0 Å². The highest BCUT2D eigenvalue weighted by atomic mass is 79.9. The number of hydrogen-bond donors (Lipinski definition) is 1. The lowest BCUT2D eigenvalue weighted by atomic mass is 10.3. The molecule has 1 aliphatic rings. The van der Waals surface area contributed by atoms with Crippen molar-refractivity contribution >= 4 is 15.9 Å². The van der Waals surface area contributed by atoms with E-state index < -0.39 is 0 Å². The summed E-state index contributed by atoms with van der Waals surface area (Å²) in [6, 6.07) is 0. The van der Waals surface area contributed by atoms with Crippen molar-refractivity contribution in [1.82, 2.24) is 4.98 Å². The van der Waals surface area contributed by atoms with E-state index in [2.05, 4.69) is 20.9 Å². The molecular formula is C9H11BrN2O. The Balaban J connectivity index is 2.22. The molecule has 0 bridgehead atoms. The van der Waals surface area contributed by atoms with E-state index >= 15 is 0 Å². The zero-order valence-electron chi connectivity index (χ0n) is 7.16. The molecule has 0 aliphatic heterocycles. The Bertz CT molecular complexity index is 312. The predicted molar refractivity (Wildman–Crippen MR) is 53.5 cm³/mol. The number of nitrogens with two attached hydrogens (primary N) is 1. The van der Waals surface area contributed by atoms with Crippen molar-refractivity contribution in [1.29, 1.82) is 0 Å². The molecule has 0 amide bonds. The van der Waals surface area contributed by atoms with Gasteiger partial charge in [-0.25, -0.2) is 0 Å². The minimum atomic E-state index is 0.395. The van der Waals surface area contributed by atoms with Crippen LogP contribution in [0.15, 0.2) is 16.9 Å². The van der Waals surface area contributed by atoms with E-state index in [0.717, 1.165) is 28.6 Å². The Morgan fingerprint density at radius 3 is 2.92 bits per heavy atom. The number of pyridine rings is 1. The topological polar surface area (TPSA) is 48.1 Å². The van der Waals surface area contributed by atoms with E-state index in [9.17, 15) is 0 Å². The predicted octanol–water partition coefficient (Wildman–Crippen LogP) is 1.84. The maximum Gasteiger partial charge on any atom is 0.152 e. The molecule has 1 fully saturated rings. The smallest absolute Gasteiger partial charge is 0.152 e. The van der Waals surface area contributed by atoms with Crippen LogP contribution < -0.4 is 10.5 Å². The summed E-state index contributed by atoms with van der Waals surface area (Å²) in [5.41, 5.74) is 6.52. The summed E-state index contributed by atoms with van der Waals surface area (Å²) in [5, 5.41) is 0. The van der Waals surface area contributed by atoms with Gasteiger partial charge in [0.1, 0.15) is 0 Å². The molecule has 13 heavy (non-hydrogen) atoms. The second-order valence-corrected chi connectivity index (χ2v) is 3.93. The number of rotatable bonds is 3. The summed E-state index contributed by atoms with van der Waals surface area (Å²) in [5.74, 6) is 0.811. The van der Waals surface area contributed by atoms with E-state index in [1.807, 2.05) is 0 Å². The standard InChI is InChI=1S/C9H11BrN2O/c10-9-6(3-11)4-12-5-8(9)13-7-1-2-7/h4-5,7H,1-3,11H2. The van der Waals surface area contributed by atoms with E-state index in [-0.39, 0.29) is 0 Å². The van der Waals surface area contributed by atoms with Crippen LogP contribution >= 0.6 is 15.9 Å². The molecule has 1 heterocycles. The van der Waals surface area contributed by atoms with Gasteiger partial charge in [0.2, 0.25) is 0 Å². The Kier molecular flexibility index (Phi) is 2.51. The van der Waals surface area contributed by atoms with Gasteiger partial charge in [0.05, 0.1) is 16.8 Å². The molecule has 4 heteroatoms. The summed E-state index contributed by atoms with van der Waals surface area (Å²) >= 11 is 3.45. The second-order valence-electron chi connectivity index (χ2n) is 3.13. The minimum absolute atomic E-state index is 0.395. The van der Waals surface area contributed by atoms with Crippen LogP contribution in [-0.4, -0.2) is 11.1 Å². The van der Waals surface area contributed by atoms with Gasteiger partial charge in [0.15, 0.2) is 5.75 Å². The van der Waals surface area contributed by atoms with Crippen LogP contribution in [-0.2, 0) is 6.54 Å². The second kappa shape index (κ2) is 3.64. The van der Waals surface area contributed by atoms with E-state index in [0.29, 0.717) is 12.6 Å². The third-order valence-corrected chi connectivity index (χ3v) is 2.86. The Morgan fingerprint density at radius 1 is 1.54 bits per heavy atom. The van der Waals surface area contributed by atoms with Gasteiger partial charge in [-0.05, 0) is 28.8 Å². The van der Waals surface area contributed by atoms with Crippen molar-refractivity contribution in [3.8, 4) is 5.75 Å². The largest absolute Gasteiger partial charge is 0.488 e. The van der Waals surface area contributed by atoms with E-state index in [1.54, 1.807) is 12.4 Å². The van der Waals surface area contributed by atoms with Crippen molar-refractivity contribution in [2.75, 3.05) is 0 Å². The Labute approximate surface area is 85.4 Å². The molecule has 1 aromatic heterocycles. The lowest BCUT2D eigenvalue weighted by Gasteiger charge is -2.08. The molecule has 1 aliphatic carbocycles. The van der Waals surface area contributed by atoms with E-state index in [4.69, 9.17) is 10.5 Å². The number of aromatic nitrogens is 1. The van der Waals surface area contributed by atoms with Crippen LogP contribution in [0.4, 0.5) is 0 Å². The zero-order valence-corrected chi connectivity index (χ0v) is 8.75. The van der Waals surface area contributed by atoms with Crippen LogP contribution in [0.3, 0.4) is 0 Å². The third-order valence-electron chi connectivity index (χ3n) is 1.96. The van der Waals surface area contributed by atoms with Gasteiger partial charge < -0.3 is 10.5 Å². The van der Waals surface area contributed by atoms with Gasteiger partial charge in [-0.2, -0.15) is 0 Å². The first-order chi connectivity index (χ1) is 6.31. The first-order valence-corrected chi connectivity index (χ1v) is 5.09. The maximum atomic E-state index is 5.63. The highest BCUT2D eigenvalue weighted by Crippen LogP contribution is 2.33. The molecule has 0 saturated heterocycles. The molecular weight excluding hydrogens is 232 g/mol. The molecule has 2 rings (SSSR count).